The number of rotatable bonds is 1. The van der Waals surface area contributed by atoms with E-state index in [9.17, 15) is 0 Å². The number of piperidine rings is 1. The van der Waals surface area contributed by atoms with E-state index in [1.807, 2.05) is 0 Å². The van der Waals surface area contributed by atoms with Gasteiger partial charge >= 0.3 is 0 Å². The second-order valence-electron chi connectivity index (χ2n) is 4.65. The molecule has 0 aromatic carbocycles. The Morgan fingerprint density at radius 1 is 1.62 bits per heavy atom. The third-order valence-electron chi connectivity index (χ3n) is 3.75. The first-order valence-corrected chi connectivity index (χ1v) is 5.40. The molecule has 2 heterocycles. The lowest BCUT2D eigenvalue weighted by Gasteiger charge is -2.42. The molecule has 3 N–H and O–H groups in total. The van der Waals surface area contributed by atoms with E-state index >= 15 is 0 Å². The van der Waals surface area contributed by atoms with Gasteiger partial charge in [0.1, 0.15) is 0 Å². The number of nitrogens with one attached hydrogen (secondary N) is 1. The molecule has 0 bridgehead atoms. The van der Waals surface area contributed by atoms with Crippen molar-refractivity contribution >= 4 is 0 Å². The van der Waals surface area contributed by atoms with Crippen molar-refractivity contribution in [3.63, 3.8) is 0 Å². The van der Waals surface area contributed by atoms with Crippen molar-refractivity contribution in [3.8, 4) is 0 Å². The van der Waals surface area contributed by atoms with Crippen LogP contribution in [0.2, 0.25) is 0 Å². The van der Waals surface area contributed by atoms with Gasteiger partial charge in [0, 0.05) is 12.1 Å². The number of nitrogens with two attached hydrogens (primary N) is 1. The average molecular weight is 183 g/mol. The summed E-state index contributed by atoms with van der Waals surface area (Å²) in [5, 5.41) is 3.68. The van der Waals surface area contributed by atoms with Gasteiger partial charge in [0.2, 0.25) is 0 Å². The summed E-state index contributed by atoms with van der Waals surface area (Å²) in [6, 6.07) is 0. The van der Waals surface area contributed by atoms with Gasteiger partial charge in [-0.15, -0.1) is 0 Å². The van der Waals surface area contributed by atoms with Crippen LogP contribution in [-0.2, 0) is 0 Å². The maximum absolute atomic E-state index is 5.83. The van der Waals surface area contributed by atoms with E-state index in [0.29, 0.717) is 11.5 Å². The van der Waals surface area contributed by atoms with E-state index in [-0.39, 0.29) is 0 Å². The summed E-state index contributed by atoms with van der Waals surface area (Å²) >= 11 is 0. The van der Waals surface area contributed by atoms with Gasteiger partial charge < -0.3 is 16.0 Å². The van der Waals surface area contributed by atoms with Crippen LogP contribution in [0.4, 0.5) is 0 Å². The molecule has 0 saturated carbocycles. The molecule has 2 aliphatic rings. The van der Waals surface area contributed by atoms with Crippen molar-refractivity contribution < 1.29 is 0 Å². The number of nitrogens with zero attached hydrogens (tertiary/aromatic N) is 1. The molecule has 3 nitrogen and oxygen atoms in total. The molecule has 2 atom stereocenters. The average Bonchev–Trinajstić information content (AvgIpc) is 2.47. The molecular formula is C10H21N3. The Hall–Kier alpha value is -0.120. The summed E-state index contributed by atoms with van der Waals surface area (Å²) in [6.07, 6.45) is 3.91. The third-order valence-corrected chi connectivity index (χ3v) is 3.75. The normalized spacial score (nSPS) is 41.5. The van der Waals surface area contributed by atoms with Crippen molar-refractivity contribution in [1.82, 2.24) is 10.2 Å². The number of likely N-dealkylation sites (N-methyl/N-ethyl adjacent to an activating group) is 1. The van der Waals surface area contributed by atoms with Crippen LogP contribution in [0.5, 0.6) is 0 Å². The molecular weight excluding hydrogens is 162 g/mol. The first kappa shape index (κ1) is 9.44. The minimum absolute atomic E-state index is 0.363. The second kappa shape index (κ2) is 3.56. The fourth-order valence-electron chi connectivity index (χ4n) is 3.04. The van der Waals surface area contributed by atoms with Gasteiger partial charge in [-0.25, -0.2) is 0 Å². The Labute approximate surface area is 80.7 Å². The van der Waals surface area contributed by atoms with E-state index in [4.69, 9.17) is 5.73 Å². The fourth-order valence-corrected chi connectivity index (χ4v) is 3.04. The summed E-state index contributed by atoms with van der Waals surface area (Å²) in [6.45, 7) is 4.45. The minimum Gasteiger partial charge on any atom is -0.330 e. The van der Waals surface area contributed by atoms with Gasteiger partial charge in [-0.1, -0.05) is 0 Å². The van der Waals surface area contributed by atoms with Crippen molar-refractivity contribution in [2.45, 2.75) is 24.8 Å². The first-order valence-electron chi connectivity index (χ1n) is 5.40. The molecule has 76 valence electrons. The molecule has 0 aromatic rings. The quantitative estimate of drug-likeness (QED) is 0.602. The molecule has 0 amide bonds. The van der Waals surface area contributed by atoms with Crippen LogP contribution >= 0.6 is 0 Å². The van der Waals surface area contributed by atoms with Crippen molar-refractivity contribution in [2.24, 2.45) is 11.7 Å². The van der Waals surface area contributed by atoms with Crippen LogP contribution in [-0.4, -0.2) is 43.7 Å². The maximum Gasteiger partial charge on any atom is 0.0349 e. The van der Waals surface area contributed by atoms with Gasteiger partial charge in [0.05, 0.1) is 0 Å². The smallest absolute Gasteiger partial charge is 0.0349 e. The van der Waals surface area contributed by atoms with Crippen molar-refractivity contribution in [3.05, 3.63) is 0 Å². The third kappa shape index (κ3) is 1.60. The van der Waals surface area contributed by atoms with E-state index in [1.165, 1.54) is 32.4 Å². The van der Waals surface area contributed by atoms with Crippen molar-refractivity contribution in [1.29, 1.82) is 0 Å². The number of hydrogen-bond acceptors (Lipinski definition) is 3. The Kier molecular flexibility index (Phi) is 2.58. The van der Waals surface area contributed by atoms with Crippen LogP contribution in [0, 0.1) is 5.92 Å². The zero-order valence-electron chi connectivity index (χ0n) is 8.55. The lowest BCUT2D eigenvalue weighted by Crippen LogP contribution is -2.57. The Morgan fingerprint density at radius 3 is 3.15 bits per heavy atom. The van der Waals surface area contributed by atoms with Gasteiger partial charge in [0.15, 0.2) is 0 Å². The fraction of sp³-hybridized carbons (Fsp3) is 1.00. The van der Waals surface area contributed by atoms with E-state index in [1.54, 1.807) is 0 Å². The molecule has 1 spiro atoms. The van der Waals surface area contributed by atoms with Crippen LogP contribution in [0.3, 0.4) is 0 Å². The zero-order valence-corrected chi connectivity index (χ0v) is 8.55. The highest BCUT2D eigenvalue weighted by atomic mass is 15.2. The van der Waals surface area contributed by atoms with Crippen LogP contribution in [0.15, 0.2) is 0 Å². The predicted molar refractivity (Wildman–Crippen MR) is 54.6 cm³/mol. The lowest BCUT2D eigenvalue weighted by molar-refractivity contribution is 0.125. The van der Waals surface area contributed by atoms with Gasteiger partial charge in [-0.2, -0.15) is 0 Å². The number of hydrogen-bond donors (Lipinski definition) is 2. The Bertz CT molecular complexity index is 183. The molecule has 0 aliphatic carbocycles. The Balaban J connectivity index is 2.08. The summed E-state index contributed by atoms with van der Waals surface area (Å²) in [5.41, 5.74) is 6.19. The second-order valence-corrected chi connectivity index (χ2v) is 4.65. The highest BCUT2D eigenvalue weighted by molar-refractivity contribution is 5.03. The largest absolute Gasteiger partial charge is 0.330 e. The molecule has 2 saturated heterocycles. The molecule has 2 unspecified atom stereocenters. The first-order chi connectivity index (χ1) is 6.27. The van der Waals surface area contributed by atoms with Crippen LogP contribution < -0.4 is 11.1 Å². The van der Waals surface area contributed by atoms with E-state index in [0.717, 1.165) is 13.1 Å². The molecule has 0 aromatic heterocycles. The Morgan fingerprint density at radius 2 is 2.46 bits per heavy atom. The van der Waals surface area contributed by atoms with E-state index < -0.39 is 0 Å². The SMILES string of the molecule is CN1CCCC2(C1)NCCC2CN. The minimum atomic E-state index is 0.363. The monoisotopic (exact) mass is 183 g/mol. The van der Waals surface area contributed by atoms with Crippen LogP contribution in [0.1, 0.15) is 19.3 Å². The highest BCUT2D eigenvalue weighted by Crippen LogP contribution is 2.33. The molecule has 2 fully saturated rings. The predicted octanol–water partition coefficient (Wildman–Crippen LogP) is 0.0190. The summed E-state index contributed by atoms with van der Waals surface area (Å²) in [4.78, 5) is 2.44. The zero-order chi connectivity index (χ0) is 9.31. The molecule has 2 rings (SSSR count). The summed E-state index contributed by atoms with van der Waals surface area (Å²) in [7, 11) is 2.22. The van der Waals surface area contributed by atoms with Gasteiger partial charge in [-0.05, 0) is 51.9 Å². The van der Waals surface area contributed by atoms with Crippen LogP contribution in [0.25, 0.3) is 0 Å². The number of likely N-dealkylation sites (tertiary alicyclic amines) is 1. The van der Waals surface area contributed by atoms with E-state index in [2.05, 4.69) is 17.3 Å². The topological polar surface area (TPSA) is 41.3 Å². The molecule has 2 aliphatic heterocycles. The van der Waals surface area contributed by atoms with Gasteiger partial charge in [-0.3, -0.25) is 0 Å². The highest BCUT2D eigenvalue weighted by Gasteiger charge is 2.43. The maximum atomic E-state index is 5.83. The standard InChI is InChI=1S/C10H21N3/c1-13-6-2-4-10(8-13)9(7-11)3-5-12-10/h9,12H,2-8,11H2,1H3. The molecule has 0 radical (unpaired) electrons. The van der Waals surface area contributed by atoms with Crippen molar-refractivity contribution in [2.75, 3.05) is 33.2 Å². The summed E-state index contributed by atoms with van der Waals surface area (Å²) in [5.74, 6) is 0.704. The van der Waals surface area contributed by atoms with Gasteiger partial charge in [0.25, 0.3) is 0 Å². The molecule has 3 heteroatoms. The molecule has 13 heavy (non-hydrogen) atoms. The lowest BCUT2D eigenvalue weighted by atomic mass is 9.79. The summed E-state index contributed by atoms with van der Waals surface area (Å²) < 4.78 is 0.